The quantitative estimate of drug-likeness (QED) is 0.595. The van der Waals surface area contributed by atoms with Gasteiger partial charge in [0, 0.05) is 23.2 Å². The number of hydrogen-bond acceptors (Lipinski definition) is 2. The van der Waals surface area contributed by atoms with Gasteiger partial charge in [-0.25, -0.2) is 0 Å². The highest BCUT2D eigenvalue weighted by Crippen LogP contribution is 2.29. The first-order chi connectivity index (χ1) is 12.6. The average Bonchev–Trinajstić information content (AvgIpc) is 3.30. The molecule has 0 aliphatic heterocycles. The summed E-state index contributed by atoms with van der Waals surface area (Å²) < 4.78 is 3.53. The lowest BCUT2D eigenvalue weighted by atomic mass is 10.1. The number of primary amides is 2. The standard InChI is InChI=1S/C20H16N4O2/c21-19(25)17-9-3-11-23(17)15-7-1-5-13-14(15)6-2-8-16(13)24-12-4-10-18(24)20(22)26/h1-12H,(H2,21,25)(H2,22,26). The van der Waals surface area contributed by atoms with E-state index < -0.39 is 11.8 Å². The van der Waals surface area contributed by atoms with E-state index in [0.29, 0.717) is 11.4 Å². The highest BCUT2D eigenvalue weighted by atomic mass is 16.1. The Morgan fingerprint density at radius 3 is 1.42 bits per heavy atom. The molecule has 0 saturated carbocycles. The van der Waals surface area contributed by atoms with Gasteiger partial charge in [-0.05, 0) is 36.4 Å². The van der Waals surface area contributed by atoms with Crippen LogP contribution < -0.4 is 11.5 Å². The van der Waals surface area contributed by atoms with Crippen molar-refractivity contribution in [2.24, 2.45) is 11.5 Å². The van der Waals surface area contributed by atoms with E-state index in [1.807, 2.05) is 36.4 Å². The Bertz CT molecular complexity index is 1060. The fourth-order valence-electron chi connectivity index (χ4n) is 3.28. The lowest BCUT2D eigenvalue weighted by Gasteiger charge is -2.15. The molecule has 0 atom stereocenters. The highest BCUT2D eigenvalue weighted by molar-refractivity contribution is 5.99. The molecule has 0 radical (unpaired) electrons. The molecule has 2 heterocycles. The van der Waals surface area contributed by atoms with Crippen molar-refractivity contribution in [3.8, 4) is 11.4 Å². The highest BCUT2D eigenvalue weighted by Gasteiger charge is 2.14. The molecule has 6 nitrogen and oxygen atoms in total. The van der Waals surface area contributed by atoms with Crippen molar-refractivity contribution < 1.29 is 9.59 Å². The molecule has 26 heavy (non-hydrogen) atoms. The summed E-state index contributed by atoms with van der Waals surface area (Å²) in [6, 6.07) is 18.5. The van der Waals surface area contributed by atoms with Crippen LogP contribution >= 0.6 is 0 Å². The molecule has 0 bridgehead atoms. The van der Waals surface area contributed by atoms with Gasteiger partial charge in [-0.15, -0.1) is 0 Å². The molecule has 0 unspecified atom stereocenters. The van der Waals surface area contributed by atoms with Gasteiger partial charge in [0.2, 0.25) is 0 Å². The fraction of sp³-hybridized carbons (Fsp3) is 0. The first kappa shape index (κ1) is 15.7. The second kappa shape index (κ2) is 5.93. The first-order valence-corrected chi connectivity index (χ1v) is 8.05. The molecular formula is C20H16N4O2. The summed E-state index contributed by atoms with van der Waals surface area (Å²) in [5.41, 5.74) is 13.4. The van der Waals surface area contributed by atoms with Crippen LogP contribution in [0.25, 0.3) is 22.1 Å². The van der Waals surface area contributed by atoms with Gasteiger partial charge >= 0.3 is 0 Å². The zero-order valence-corrected chi connectivity index (χ0v) is 13.8. The summed E-state index contributed by atoms with van der Waals surface area (Å²) >= 11 is 0. The zero-order valence-electron chi connectivity index (χ0n) is 13.8. The number of aromatic nitrogens is 2. The molecule has 128 valence electrons. The van der Waals surface area contributed by atoms with Crippen molar-refractivity contribution >= 4 is 22.6 Å². The summed E-state index contributed by atoms with van der Waals surface area (Å²) in [5, 5.41) is 1.85. The van der Waals surface area contributed by atoms with Gasteiger partial charge in [0.15, 0.2) is 0 Å². The van der Waals surface area contributed by atoms with Gasteiger partial charge in [0.25, 0.3) is 11.8 Å². The molecule has 0 aliphatic carbocycles. The van der Waals surface area contributed by atoms with Crippen molar-refractivity contribution in [3.63, 3.8) is 0 Å². The van der Waals surface area contributed by atoms with Crippen molar-refractivity contribution in [3.05, 3.63) is 84.4 Å². The molecule has 0 fully saturated rings. The summed E-state index contributed by atoms with van der Waals surface area (Å²) in [4.78, 5) is 23.4. The third kappa shape index (κ3) is 2.36. The number of carbonyl (C=O) groups excluding carboxylic acids is 2. The molecule has 2 amide bonds. The van der Waals surface area contributed by atoms with Crippen molar-refractivity contribution in [1.29, 1.82) is 0 Å². The average molecular weight is 344 g/mol. The Morgan fingerprint density at radius 1 is 0.615 bits per heavy atom. The van der Waals surface area contributed by atoms with E-state index in [-0.39, 0.29) is 0 Å². The van der Waals surface area contributed by atoms with E-state index in [0.717, 1.165) is 22.1 Å². The SMILES string of the molecule is NC(=O)c1cccn1-c1cccc2c(-n3cccc3C(N)=O)cccc12. The molecule has 0 saturated heterocycles. The van der Waals surface area contributed by atoms with Crippen LogP contribution in [0.1, 0.15) is 21.0 Å². The van der Waals surface area contributed by atoms with E-state index in [1.165, 1.54) is 0 Å². The van der Waals surface area contributed by atoms with E-state index >= 15 is 0 Å². The molecule has 2 aromatic heterocycles. The lowest BCUT2D eigenvalue weighted by molar-refractivity contribution is 0.0985. The smallest absolute Gasteiger partial charge is 0.265 e. The van der Waals surface area contributed by atoms with E-state index in [9.17, 15) is 9.59 Å². The van der Waals surface area contributed by atoms with Crippen molar-refractivity contribution in [2.75, 3.05) is 0 Å². The Balaban J connectivity index is 2.00. The van der Waals surface area contributed by atoms with Crippen LogP contribution in [0.15, 0.2) is 73.1 Å². The number of amides is 2. The summed E-state index contributed by atoms with van der Waals surface area (Å²) in [7, 11) is 0. The summed E-state index contributed by atoms with van der Waals surface area (Å²) in [6.07, 6.45) is 3.60. The van der Waals surface area contributed by atoms with Gasteiger partial charge in [-0.3, -0.25) is 9.59 Å². The first-order valence-electron chi connectivity index (χ1n) is 8.05. The van der Waals surface area contributed by atoms with Gasteiger partial charge in [0.1, 0.15) is 11.4 Å². The van der Waals surface area contributed by atoms with E-state index in [1.54, 1.807) is 45.8 Å². The fourth-order valence-corrected chi connectivity index (χ4v) is 3.28. The Morgan fingerprint density at radius 2 is 1.04 bits per heavy atom. The minimum Gasteiger partial charge on any atom is -0.364 e. The molecule has 4 rings (SSSR count). The molecule has 0 aliphatic rings. The maximum Gasteiger partial charge on any atom is 0.265 e. The van der Waals surface area contributed by atoms with Crippen LogP contribution in [0.2, 0.25) is 0 Å². The molecule has 4 aromatic rings. The monoisotopic (exact) mass is 344 g/mol. The number of carbonyl (C=O) groups is 2. The number of hydrogen-bond donors (Lipinski definition) is 2. The van der Waals surface area contributed by atoms with Crippen LogP contribution in [0.3, 0.4) is 0 Å². The predicted molar refractivity (Wildman–Crippen MR) is 99.6 cm³/mol. The van der Waals surface area contributed by atoms with Crippen LogP contribution in [-0.4, -0.2) is 20.9 Å². The van der Waals surface area contributed by atoms with Gasteiger partial charge in [0.05, 0.1) is 11.4 Å². The number of fused-ring (bicyclic) bond motifs is 1. The van der Waals surface area contributed by atoms with Gasteiger partial charge in [-0.1, -0.05) is 24.3 Å². The Kier molecular flexibility index (Phi) is 3.58. The van der Waals surface area contributed by atoms with E-state index in [2.05, 4.69) is 0 Å². The predicted octanol–water partition coefficient (Wildman–Crippen LogP) is 2.62. The minimum atomic E-state index is -0.496. The van der Waals surface area contributed by atoms with Gasteiger partial charge in [-0.2, -0.15) is 0 Å². The third-order valence-electron chi connectivity index (χ3n) is 4.40. The number of benzene rings is 2. The molecular weight excluding hydrogens is 328 g/mol. The second-order valence-corrected chi connectivity index (χ2v) is 5.90. The Hall–Kier alpha value is -3.80. The van der Waals surface area contributed by atoms with Crippen LogP contribution in [0.5, 0.6) is 0 Å². The van der Waals surface area contributed by atoms with E-state index in [4.69, 9.17) is 11.5 Å². The number of nitrogens with zero attached hydrogens (tertiary/aromatic N) is 2. The molecule has 4 N–H and O–H groups in total. The minimum absolute atomic E-state index is 0.404. The number of rotatable bonds is 4. The van der Waals surface area contributed by atoms with Crippen molar-refractivity contribution in [2.45, 2.75) is 0 Å². The van der Waals surface area contributed by atoms with Gasteiger partial charge < -0.3 is 20.6 Å². The van der Waals surface area contributed by atoms with Crippen molar-refractivity contribution in [1.82, 2.24) is 9.13 Å². The largest absolute Gasteiger partial charge is 0.364 e. The normalized spacial score (nSPS) is 10.9. The Labute approximate surface area is 149 Å². The van der Waals surface area contributed by atoms with Crippen LogP contribution in [0, 0.1) is 0 Å². The maximum absolute atomic E-state index is 11.7. The maximum atomic E-state index is 11.7. The van der Waals surface area contributed by atoms with Crippen LogP contribution in [-0.2, 0) is 0 Å². The number of nitrogens with two attached hydrogens (primary N) is 2. The topological polar surface area (TPSA) is 96.0 Å². The zero-order chi connectivity index (χ0) is 18.3. The molecule has 6 heteroatoms. The second-order valence-electron chi connectivity index (χ2n) is 5.90. The third-order valence-corrected chi connectivity index (χ3v) is 4.40. The lowest BCUT2D eigenvalue weighted by Crippen LogP contribution is -2.16. The molecule has 0 spiro atoms. The summed E-state index contributed by atoms with van der Waals surface area (Å²) in [6.45, 7) is 0. The van der Waals surface area contributed by atoms with Crippen LogP contribution in [0.4, 0.5) is 0 Å². The summed E-state index contributed by atoms with van der Waals surface area (Å²) in [5.74, 6) is -0.992. The molecule has 2 aromatic carbocycles.